The van der Waals surface area contributed by atoms with Crippen molar-refractivity contribution >= 4 is 11.8 Å². The molecule has 0 saturated heterocycles. The first-order chi connectivity index (χ1) is 9.69. The maximum Gasteiger partial charge on any atom is 0.223 e. The maximum atomic E-state index is 5.29. The third kappa shape index (κ3) is 3.81. The highest BCUT2D eigenvalue weighted by molar-refractivity contribution is 5.38. The zero-order valence-electron chi connectivity index (χ0n) is 12.0. The molecule has 1 N–H and O–H groups in total. The Morgan fingerprint density at radius 3 is 2.40 bits per heavy atom. The Hall–Kier alpha value is -2.37. The number of hydrogen-bond acceptors (Lipinski definition) is 6. The van der Waals surface area contributed by atoms with Gasteiger partial charge in [0.05, 0.1) is 19.0 Å². The summed E-state index contributed by atoms with van der Waals surface area (Å²) in [5.74, 6) is 2.19. The zero-order valence-corrected chi connectivity index (χ0v) is 12.0. The molecule has 0 aliphatic rings. The van der Waals surface area contributed by atoms with E-state index in [0.717, 1.165) is 11.4 Å². The van der Waals surface area contributed by atoms with E-state index in [4.69, 9.17) is 4.74 Å². The maximum absolute atomic E-state index is 5.29. The van der Waals surface area contributed by atoms with E-state index >= 15 is 0 Å². The molecule has 6 heteroatoms. The number of ether oxygens (including phenoxy) is 1. The summed E-state index contributed by atoms with van der Waals surface area (Å²) in [6.45, 7) is 3.17. The highest BCUT2D eigenvalue weighted by atomic mass is 16.5. The summed E-state index contributed by atoms with van der Waals surface area (Å²) in [4.78, 5) is 14.7. The van der Waals surface area contributed by atoms with Crippen molar-refractivity contribution in [1.82, 2.24) is 15.0 Å². The van der Waals surface area contributed by atoms with Crippen LogP contribution in [-0.4, -0.2) is 35.7 Å². The largest absolute Gasteiger partial charge is 0.491 e. The highest BCUT2D eigenvalue weighted by Crippen LogP contribution is 2.11. The van der Waals surface area contributed by atoms with Crippen LogP contribution < -0.4 is 15.0 Å². The molecule has 0 aliphatic heterocycles. The Kier molecular flexibility index (Phi) is 4.70. The van der Waals surface area contributed by atoms with Crippen molar-refractivity contribution < 1.29 is 4.74 Å². The van der Waals surface area contributed by atoms with Crippen molar-refractivity contribution in [2.45, 2.75) is 13.5 Å². The molecule has 20 heavy (non-hydrogen) atoms. The lowest BCUT2D eigenvalue weighted by Crippen LogP contribution is -2.11. The van der Waals surface area contributed by atoms with Gasteiger partial charge < -0.3 is 15.0 Å². The van der Waals surface area contributed by atoms with Gasteiger partial charge in [-0.2, -0.15) is 0 Å². The van der Waals surface area contributed by atoms with Crippen LogP contribution in [0.2, 0.25) is 0 Å². The van der Waals surface area contributed by atoms with Gasteiger partial charge in [0, 0.05) is 26.8 Å². The van der Waals surface area contributed by atoms with Crippen molar-refractivity contribution in [2.75, 3.05) is 30.9 Å². The molecule has 0 amide bonds. The number of rotatable bonds is 6. The van der Waals surface area contributed by atoms with Crippen molar-refractivity contribution in [3.8, 4) is 5.75 Å². The zero-order chi connectivity index (χ0) is 14.4. The first-order valence-electron chi connectivity index (χ1n) is 6.50. The average molecular weight is 273 g/mol. The number of nitrogens with zero attached hydrogens (tertiary/aromatic N) is 4. The van der Waals surface area contributed by atoms with E-state index in [0.29, 0.717) is 24.8 Å². The van der Waals surface area contributed by atoms with Crippen LogP contribution in [0, 0.1) is 0 Å². The van der Waals surface area contributed by atoms with Crippen LogP contribution in [0.25, 0.3) is 0 Å². The molecule has 0 atom stereocenters. The molecule has 2 heterocycles. The average Bonchev–Trinajstić information content (AvgIpc) is 2.47. The smallest absolute Gasteiger partial charge is 0.223 e. The molecular weight excluding hydrogens is 254 g/mol. The van der Waals surface area contributed by atoms with Gasteiger partial charge in [0.2, 0.25) is 5.95 Å². The van der Waals surface area contributed by atoms with Crippen LogP contribution in [0.3, 0.4) is 0 Å². The van der Waals surface area contributed by atoms with Gasteiger partial charge in [-0.05, 0) is 18.6 Å². The normalized spacial score (nSPS) is 10.2. The molecule has 0 aromatic carbocycles. The SMILES string of the molecule is CCOc1cnc(NCc2ccc(N(C)C)nc2)nc1. The van der Waals surface area contributed by atoms with Crippen LogP contribution in [-0.2, 0) is 6.54 Å². The molecule has 0 bridgehead atoms. The topological polar surface area (TPSA) is 63.2 Å². The van der Waals surface area contributed by atoms with Gasteiger partial charge >= 0.3 is 0 Å². The number of aromatic nitrogens is 3. The monoisotopic (exact) mass is 273 g/mol. The standard InChI is InChI=1S/C14H19N5O/c1-4-20-12-9-17-14(18-10-12)16-8-11-5-6-13(15-7-11)19(2)3/h5-7,9-10H,4,8H2,1-3H3,(H,16,17,18). The van der Waals surface area contributed by atoms with E-state index in [1.54, 1.807) is 12.4 Å². The van der Waals surface area contributed by atoms with Gasteiger partial charge in [-0.25, -0.2) is 15.0 Å². The number of hydrogen-bond donors (Lipinski definition) is 1. The van der Waals surface area contributed by atoms with Crippen LogP contribution >= 0.6 is 0 Å². The molecule has 0 aliphatic carbocycles. The third-order valence-electron chi connectivity index (χ3n) is 2.66. The van der Waals surface area contributed by atoms with E-state index in [9.17, 15) is 0 Å². The predicted octanol–water partition coefficient (Wildman–Crippen LogP) is 1.95. The van der Waals surface area contributed by atoms with Gasteiger partial charge in [-0.1, -0.05) is 6.07 Å². The molecule has 2 aromatic rings. The predicted molar refractivity (Wildman–Crippen MR) is 79.1 cm³/mol. The lowest BCUT2D eigenvalue weighted by Gasteiger charge is -2.11. The van der Waals surface area contributed by atoms with Crippen molar-refractivity contribution in [3.05, 3.63) is 36.3 Å². The van der Waals surface area contributed by atoms with E-state index in [1.807, 2.05) is 44.2 Å². The van der Waals surface area contributed by atoms with Crippen molar-refractivity contribution in [3.63, 3.8) is 0 Å². The Morgan fingerprint density at radius 2 is 1.85 bits per heavy atom. The van der Waals surface area contributed by atoms with Gasteiger partial charge in [0.25, 0.3) is 0 Å². The second-order valence-electron chi connectivity index (χ2n) is 4.45. The van der Waals surface area contributed by atoms with Crippen LogP contribution in [0.4, 0.5) is 11.8 Å². The first kappa shape index (κ1) is 14.0. The van der Waals surface area contributed by atoms with Crippen LogP contribution in [0.5, 0.6) is 5.75 Å². The van der Waals surface area contributed by atoms with E-state index in [2.05, 4.69) is 20.3 Å². The molecule has 0 radical (unpaired) electrons. The van der Waals surface area contributed by atoms with Gasteiger partial charge in [-0.15, -0.1) is 0 Å². The Morgan fingerprint density at radius 1 is 1.10 bits per heavy atom. The summed E-state index contributed by atoms with van der Waals surface area (Å²) in [6.07, 6.45) is 5.16. The number of pyridine rings is 1. The molecule has 0 spiro atoms. The molecule has 2 aromatic heterocycles. The molecule has 2 rings (SSSR count). The fourth-order valence-corrected chi connectivity index (χ4v) is 1.62. The minimum atomic E-state index is 0.574. The fourth-order valence-electron chi connectivity index (χ4n) is 1.62. The first-order valence-corrected chi connectivity index (χ1v) is 6.50. The quantitative estimate of drug-likeness (QED) is 0.868. The second kappa shape index (κ2) is 6.70. The number of anilines is 2. The van der Waals surface area contributed by atoms with E-state index < -0.39 is 0 Å². The van der Waals surface area contributed by atoms with Crippen molar-refractivity contribution in [2.24, 2.45) is 0 Å². The Balaban J connectivity index is 1.91. The van der Waals surface area contributed by atoms with E-state index in [-0.39, 0.29) is 0 Å². The summed E-state index contributed by atoms with van der Waals surface area (Å²) in [5.41, 5.74) is 1.08. The Labute approximate surface area is 118 Å². The minimum Gasteiger partial charge on any atom is -0.491 e. The summed E-state index contributed by atoms with van der Waals surface area (Å²) in [5, 5.41) is 3.15. The van der Waals surface area contributed by atoms with Crippen molar-refractivity contribution in [1.29, 1.82) is 0 Å². The molecule has 0 saturated carbocycles. The van der Waals surface area contributed by atoms with Crippen LogP contribution in [0.1, 0.15) is 12.5 Å². The lowest BCUT2D eigenvalue weighted by atomic mass is 10.3. The van der Waals surface area contributed by atoms with E-state index in [1.165, 1.54) is 0 Å². The summed E-state index contributed by atoms with van der Waals surface area (Å²) in [7, 11) is 3.93. The Bertz CT molecular complexity index is 524. The number of nitrogens with one attached hydrogen (secondary N) is 1. The van der Waals surface area contributed by atoms with Gasteiger partial charge in [0.15, 0.2) is 5.75 Å². The minimum absolute atomic E-state index is 0.574. The van der Waals surface area contributed by atoms with Crippen LogP contribution in [0.15, 0.2) is 30.7 Å². The summed E-state index contributed by atoms with van der Waals surface area (Å²) >= 11 is 0. The third-order valence-corrected chi connectivity index (χ3v) is 2.66. The fraction of sp³-hybridized carbons (Fsp3) is 0.357. The highest BCUT2D eigenvalue weighted by Gasteiger charge is 2.00. The molecule has 106 valence electrons. The van der Waals surface area contributed by atoms with Gasteiger partial charge in [-0.3, -0.25) is 0 Å². The lowest BCUT2D eigenvalue weighted by molar-refractivity contribution is 0.337. The second-order valence-corrected chi connectivity index (χ2v) is 4.45. The van der Waals surface area contributed by atoms with Gasteiger partial charge in [0.1, 0.15) is 5.82 Å². The molecule has 0 unspecified atom stereocenters. The molecule has 0 fully saturated rings. The summed E-state index contributed by atoms with van der Waals surface area (Å²) < 4.78 is 5.29. The summed E-state index contributed by atoms with van der Waals surface area (Å²) in [6, 6.07) is 4.01. The molecule has 6 nitrogen and oxygen atoms in total. The molecular formula is C14H19N5O.